The van der Waals surface area contributed by atoms with Crippen molar-refractivity contribution in [1.82, 2.24) is 0 Å². The van der Waals surface area contributed by atoms with Crippen molar-refractivity contribution in [2.75, 3.05) is 33.0 Å². The van der Waals surface area contributed by atoms with Gasteiger partial charge in [0.15, 0.2) is 0 Å². The zero-order chi connectivity index (χ0) is 23.3. The van der Waals surface area contributed by atoms with Crippen molar-refractivity contribution in [3.05, 3.63) is 103 Å². The molecule has 0 saturated carbocycles. The van der Waals surface area contributed by atoms with E-state index < -0.39 is 7.41 Å². The summed E-state index contributed by atoms with van der Waals surface area (Å²) < 4.78 is 18.8. The average molecular weight is 459 g/mol. The van der Waals surface area contributed by atoms with E-state index in [1.165, 1.54) is 15.9 Å². The van der Waals surface area contributed by atoms with Crippen LogP contribution >= 0.6 is 7.41 Å². The minimum Gasteiger partial charge on any atom is -0.497 e. The van der Waals surface area contributed by atoms with Gasteiger partial charge in [-0.15, -0.1) is 0 Å². The summed E-state index contributed by atoms with van der Waals surface area (Å²) in [7, 11) is 4.98. The van der Waals surface area contributed by atoms with Gasteiger partial charge in [-0.3, -0.25) is 0 Å². The second-order valence-electron chi connectivity index (χ2n) is 7.59. The molecule has 0 aromatic heterocycles. The van der Waals surface area contributed by atoms with E-state index in [9.17, 15) is 0 Å². The lowest BCUT2D eigenvalue weighted by molar-refractivity contribution is 0.415. The topological polar surface area (TPSA) is 30.9 Å². The number of hydrogen-bond acceptors (Lipinski definition) is 4. The Balaban J connectivity index is 2.04. The van der Waals surface area contributed by atoms with Gasteiger partial charge in [0.2, 0.25) is 7.41 Å². The Morgan fingerprint density at radius 3 is 1.12 bits per heavy atom. The monoisotopic (exact) mass is 458 g/mol. The van der Waals surface area contributed by atoms with Crippen LogP contribution in [0.2, 0.25) is 0 Å². The Labute approximate surface area is 196 Å². The minimum atomic E-state index is -2.29. The van der Waals surface area contributed by atoms with E-state index in [2.05, 4.69) is 72.4 Å². The molecule has 0 aliphatic rings. The van der Waals surface area contributed by atoms with Crippen LogP contribution in [0.5, 0.6) is 17.2 Å². The number of ether oxygens (including phenoxy) is 3. The highest BCUT2D eigenvalue weighted by Gasteiger charge is 2.50. The van der Waals surface area contributed by atoms with Crippen LogP contribution < -0.4 is 34.8 Å². The molecule has 4 aromatic carbocycles. The normalized spacial score (nSPS) is 11.0. The maximum atomic E-state index is 5.46. The molecule has 0 aliphatic heterocycles. The summed E-state index contributed by atoms with van der Waals surface area (Å²) in [6.07, 6.45) is 0. The third-order valence-corrected chi connectivity index (χ3v) is 10.2. The van der Waals surface area contributed by atoms with Crippen molar-refractivity contribution in [2.24, 2.45) is 0 Å². The van der Waals surface area contributed by atoms with E-state index in [-0.39, 0.29) is 0 Å². The number of hydrogen-bond donors (Lipinski definition) is 0. The molecule has 0 radical (unpaired) electrons. The Morgan fingerprint density at radius 1 is 0.485 bits per heavy atom. The van der Waals surface area contributed by atoms with Gasteiger partial charge in [0.05, 0.1) is 27.0 Å². The van der Waals surface area contributed by atoms with Crippen molar-refractivity contribution >= 4 is 29.0 Å². The van der Waals surface area contributed by atoms with Crippen LogP contribution in [0.1, 0.15) is 0 Å². The molecular formula is C28H29NO3P+. The largest absolute Gasteiger partial charge is 0.497 e. The first-order valence-electron chi connectivity index (χ1n) is 10.8. The number of nitrogens with zero attached hydrogens (tertiary/aromatic N) is 1. The third kappa shape index (κ3) is 4.27. The van der Waals surface area contributed by atoms with Crippen molar-refractivity contribution < 1.29 is 14.2 Å². The Hall–Kier alpha value is -3.49. The van der Waals surface area contributed by atoms with Gasteiger partial charge in [-0.1, -0.05) is 18.2 Å². The van der Waals surface area contributed by atoms with Gasteiger partial charge in [0, 0.05) is 7.05 Å². The molecule has 5 heteroatoms. The summed E-state index contributed by atoms with van der Waals surface area (Å²) in [4.78, 5) is 0. The zero-order valence-electron chi connectivity index (χ0n) is 19.4. The van der Waals surface area contributed by atoms with Crippen LogP contribution in [-0.2, 0) is 0 Å². The van der Waals surface area contributed by atoms with Gasteiger partial charge < -0.3 is 14.2 Å². The summed E-state index contributed by atoms with van der Waals surface area (Å²) in [5.41, 5.74) is 1.15. The minimum absolute atomic E-state index is 0.837. The van der Waals surface area contributed by atoms with Crippen molar-refractivity contribution in [2.45, 2.75) is 0 Å². The molecule has 33 heavy (non-hydrogen) atoms. The second-order valence-corrected chi connectivity index (χ2v) is 11.0. The smallest absolute Gasteiger partial charge is 0.202 e. The molecule has 0 bridgehead atoms. The van der Waals surface area contributed by atoms with E-state index in [1.54, 1.807) is 21.3 Å². The molecule has 4 nitrogen and oxygen atoms in total. The predicted octanol–water partition coefficient (Wildman–Crippen LogP) is 5.06. The number of anilines is 1. The first-order valence-corrected chi connectivity index (χ1v) is 12.5. The third-order valence-electron chi connectivity index (χ3n) is 5.92. The van der Waals surface area contributed by atoms with Crippen LogP contribution in [-0.4, -0.2) is 28.4 Å². The summed E-state index contributed by atoms with van der Waals surface area (Å²) in [5, 5.41) is 3.68. The van der Waals surface area contributed by atoms with Gasteiger partial charge in [0.1, 0.15) is 33.2 Å². The van der Waals surface area contributed by atoms with Crippen LogP contribution in [0, 0.1) is 0 Å². The lowest BCUT2D eigenvalue weighted by Crippen LogP contribution is -2.41. The second kappa shape index (κ2) is 9.97. The maximum Gasteiger partial charge on any atom is 0.202 e. The van der Waals surface area contributed by atoms with Crippen LogP contribution in [0.3, 0.4) is 0 Å². The molecular weight excluding hydrogens is 429 g/mol. The van der Waals surface area contributed by atoms with Gasteiger partial charge in [-0.05, 0) is 84.9 Å². The predicted molar refractivity (Wildman–Crippen MR) is 140 cm³/mol. The first kappa shape index (κ1) is 22.7. The summed E-state index contributed by atoms with van der Waals surface area (Å²) in [6.45, 7) is 0. The highest BCUT2D eigenvalue weighted by molar-refractivity contribution is 7.96. The quantitative estimate of drug-likeness (QED) is 0.346. The highest BCUT2D eigenvalue weighted by atomic mass is 31.2. The SMILES string of the molecule is COc1ccc([P+](c2ccc(OC)cc2)(c2ccc(OC)cc2)N(C)c2ccccc2)cc1. The molecule has 4 rings (SSSR count). The maximum absolute atomic E-state index is 5.46. The summed E-state index contributed by atoms with van der Waals surface area (Å²) >= 11 is 0. The van der Waals surface area contributed by atoms with E-state index in [4.69, 9.17) is 14.2 Å². The molecule has 0 aliphatic carbocycles. The molecule has 4 aromatic rings. The molecule has 0 N–H and O–H groups in total. The lowest BCUT2D eigenvalue weighted by atomic mass is 10.3. The molecule has 0 saturated heterocycles. The van der Waals surface area contributed by atoms with Crippen molar-refractivity contribution in [1.29, 1.82) is 0 Å². The Kier molecular flexibility index (Phi) is 6.86. The standard InChI is InChI=1S/C28H29NO3P/c1-29(22-8-6-5-7-9-22)33(26-16-10-23(30-2)11-17-26,27-18-12-24(31-3)13-19-27)28-20-14-25(32-4)15-21-28/h5-21H,1-4H3/q+1. The summed E-state index contributed by atoms with van der Waals surface area (Å²) in [5.74, 6) is 2.51. The molecule has 168 valence electrons. The van der Waals surface area contributed by atoms with E-state index in [0.717, 1.165) is 22.9 Å². The number of para-hydroxylation sites is 1. The van der Waals surface area contributed by atoms with E-state index >= 15 is 0 Å². The fraction of sp³-hybridized carbons (Fsp3) is 0.143. The van der Waals surface area contributed by atoms with Gasteiger partial charge in [0.25, 0.3) is 0 Å². The number of rotatable bonds is 8. The molecule has 0 heterocycles. The van der Waals surface area contributed by atoms with Crippen LogP contribution in [0.15, 0.2) is 103 Å². The van der Waals surface area contributed by atoms with E-state index in [0.29, 0.717) is 0 Å². The van der Waals surface area contributed by atoms with Gasteiger partial charge in [-0.2, -0.15) is 0 Å². The highest BCUT2D eigenvalue weighted by Crippen LogP contribution is 2.59. The number of benzene rings is 4. The fourth-order valence-electron chi connectivity index (χ4n) is 4.18. The van der Waals surface area contributed by atoms with E-state index in [1.807, 2.05) is 42.5 Å². The average Bonchev–Trinajstić information content (AvgIpc) is 2.90. The van der Waals surface area contributed by atoms with Crippen molar-refractivity contribution in [3.8, 4) is 17.2 Å². The molecule has 0 amide bonds. The van der Waals surface area contributed by atoms with Crippen molar-refractivity contribution in [3.63, 3.8) is 0 Å². The molecule has 0 unspecified atom stereocenters. The number of methoxy groups -OCH3 is 3. The zero-order valence-corrected chi connectivity index (χ0v) is 20.3. The summed E-state index contributed by atoms with van der Waals surface area (Å²) in [6, 6.07) is 35.8. The molecule has 0 spiro atoms. The van der Waals surface area contributed by atoms with Crippen LogP contribution in [0.25, 0.3) is 0 Å². The fourth-order valence-corrected chi connectivity index (χ4v) is 8.33. The van der Waals surface area contributed by atoms with Gasteiger partial charge >= 0.3 is 0 Å². The first-order chi connectivity index (χ1) is 16.1. The van der Waals surface area contributed by atoms with Gasteiger partial charge in [-0.25, -0.2) is 4.67 Å². The van der Waals surface area contributed by atoms with Crippen LogP contribution in [0.4, 0.5) is 5.69 Å². The molecule has 0 atom stereocenters. The lowest BCUT2D eigenvalue weighted by Gasteiger charge is -2.36. The molecule has 0 fully saturated rings. The Bertz CT molecular complexity index is 1050. The Morgan fingerprint density at radius 2 is 0.818 bits per heavy atom.